The third-order valence-electron chi connectivity index (χ3n) is 5.15. The maximum Gasteiger partial charge on any atom is 0.256 e. The van der Waals surface area contributed by atoms with Crippen LogP contribution in [0, 0.1) is 5.92 Å². The first-order valence-electron chi connectivity index (χ1n) is 9.35. The highest BCUT2D eigenvalue weighted by Gasteiger charge is 2.31. The molecule has 1 aromatic carbocycles. The molecule has 0 spiro atoms. The van der Waals surface area contributed by atoms with E-state index in [1.807, 2.05) is 42.2 Å². The molecule has 3 rings (SSSR count). The molecule has 1 aromatic rings. The molecular weight excluding hydrogens is 302 g/mol. The predicted molar refractivity (Wildman–Crippen MR) is 93.7 cm³/mol. The first-order chi connectivity index (χ1) is 11.8. The van der Waals surface area contributed by atoms with Crippen LogP contribution in [-0.2, 0) is 14.3 Å². The van der Waals surface area contributed by atoms with Crippen LogP contribution in [0.4, 0.5) is 0 Å². The van der Waals surface area contributed by atoms with Gasteiger partial charge in [0.2, 0.25) is 0 Å². The highest BCUT2D eigenvalue weighted by Crippen LogP contribution is 2.29. The molecule has 4 heteroatoms. The van der Waals surface area contributed by atoms with Crippen LogP contribution in [0.2, 0.25) is 0 Å². The van der Waals surface area contributed by atoms with Crippen LogP contribution < -0.4 is 0 Å². The largest absolute Gasteiger partial charge is 0.381 e. The van der Waals surface area contributed by atoms with Crippen molar-refractivity contribution in [3.8, 4) is 0 Å². The third-order valence-corrected chi connectivity index (χ3v) is 5.15. The Balaban J connectivity index is 1.73. The van der Waals surface area contributed by atoms with Crippen molar-refractivity contribution in [1.82, 2.24) is 4.90 Å². The van der Waals surface area contributed by atoms with Gasteiger partial charge in [0, 0.05) is 25.6 Å². The van der Waals surface area contributed by atoms with Gasteiger partial charge < -0.3 is 14.4 Å². The summed E-state index contributed by atoms with van der Waals surface area (Å²) in [6.07, 6.45) is 5.33. The second kappa shape index (κ2) is 8.63. The minimum absolute atomic E-state index is 0.0995. The summed E-state index contributed by atoms with van der Waals surface area (Å²) in [7, 11) is 0. The minimum Gasteiger partial charge on any atom is -0.381 e. The number of benzene rings is 1. The Bertz CT molecular complexity index is 507. The Morgan fingerprint density at radius 1 is 1.25 bits per heavy atom. The van der Waals surface area contributed by atoms with Crippen LogP contribution in [0.25, 0.3) is 0 Å². The van der Waals surface area contributed by atoms with E-state index in [1.54, 1.807) is 0 Å². The van der Waals surface area contributed by atoms with Gasteiger partial charge in [-0.25, -0.2) is 0 Å². The molecule has 1 aliphatic carbocycles. The number of amides is 1. The minimum atomic E-state index is -0.475. The fourth-order valence-electron chi connectivity index (χ4n) is 3.70. The highest BCUT2D eigenvalue weighted by molar-refractivity contribution is 5.82. The molecule has 2 atom stereocenters. The van der Waals surface area contributed by atoms with Gasteiger partial charge in [-0.3, -0.25) is 4.79 Å². The molecule has 1 amide bonds. The standard InChI is InChI=1S/C20H29NO3/c1-2-21(14-16-12-13-23-15-16)20(22)19(17-8-4-3-5-9-17)24-18-10-6-7-11-18/h3-5,8-9,16,18-19H,2,6-7,10-15H2,1H3/t16-,19-/m1/s1. The smallest absolute Gasteiger partial charge is 0.256 e. The lowest BCUT2D eigenvalue weighted by atomic mass is 10.1. The summed E-state index contributed by atoms with van der Waals surface area (Å²) < 4.78 is 11.7. The summed E-state index contributed by atoms with van der Waals surface area (Å²) in [4.78, 5) is 15.2. The van der Waals surface area contributed by atoms with Gasteiger partial charge in [0.05, 0.1) is 12.7 Å². The molecule has 1 saturated heterocycles. The summed E-state index contributed by atoms with van der Waals surface area (Å²) in [5.41, 5.74) is 0.968. The second-order valence-corrected chi connectivity index (χ2v) is 6.94. The van der Waals surface area contributed by atoms with Crippen molar-refractivity contribution in [3.63, 3.8) is 0 Å². The molecule has 1 aliphatic heterocycles. The van der Waals surface area contributed by atoms with Gasteiger partial charge in [0.1, 0.15) is 0 Å². The molecule has 0 N–H and O–H groups in total. The quantitative estimate of drug-likeness (QED) is 0.767. The Morgan fingerprint density at radius 3 is 2.62 bits per heavy atom. The van der Waals surface area contributed by atoms with Crippen LogP contribution in [0.15, 0.2) is 30.3 Å². The van der Waals surface area contributed by atoms with Crippen LogP contribution in [0.3, 0.4) is 0 Å². The zero-order valence-corrected chi connectivity index (χ0v) is 14.7. The number of carbonyl (C=O) groups excluding carboxylic acids is 1. The lowest BCUT2D eigenvalue weighted by Gasteiger charge is -2.30. The average Bonchev–Trinajstić information content (AvgIpc) is 3.31. The highest BCUT2D eigenvalue weighted by atomic mass is 16.5. The van der Waals surface area contributed by atoms with Gasteiger partial charge in [0.25, 0.3) is 5.91 Å². The van der Waals surface area contributed by atoms with Crippen LogP contribution in [0.1, 0.15) is 50.7 Å². The first kappa shape index (κ1) is 17.4. The number of carbonyl (C=O) groups is 1. The molecule has 132 valence electrons. The molecule has 2 fully saturated rings. The van der Waals surface area contributed by atoms with Crippen molar-refractivity contribution in [1.29, 1.82) is 0 Å². The SMILES string of the molecule is CCN(C[C@H]1CCOC1)C(=O)[C@H](OC1CCCC1)c1ccccc1. The van der Waals surface area contributed by atoms with Crippen LogP contribution >= 0.6 is 0 Å². The first-order valence-corrected chi connectivity index (χ1v) is 9.35. The van der Waals surface area contributed by atoms with Gasteiger partial charge in [-0.05, 0) is 31.7 Å². The summed E-state index contributed by atoms with van der Waals surface area (Å²) in [5, 5.41) is 0. The number of hydrogen-bond donors (Lipinski definition) is 0. The van der Waals surface area contributed by atoms with Crippen molar-refractivity contribution in [3.05, 3.63) is 35.9 Å². The van der Waals surface area contributed by atoms with Gasteiger partial charge in [-0.1, -0.05) is 43.2 Å². The van der Waals surface area contributed by atoms with Gasteiger partial charge in [0.15, 0.2) is 6.10 Å². The molecule has 0 bridgehead atoms. The zero-order valence-electron chi connectivity index (χ0n) is 14.7. The van der Waals surface area contributed by atoms with E-state index in [0.717, 1.165) is 44.6 Å². The summed E-state index contributed by atoms with van der Waals surface area (Å²) >= 11 is 0. The maximum absolute atomic E-state index is 13.2. The molecule has 4 nitrogen and oxygen atoms in total. The van der Waals surface area contributed by atoms with E-state index >= 15 is 0 Å². The van der Waals surface area contributed by atoms with Crippen molar-refractivity contribution >= 4 is 5.91 Å². The Labute approximate surface area is 145 Å². The number of nitrogens with zero attached hydrogens (tertiary/aromatic N) is 1. The molecule has 1 saturated carbocycles. The van der Waals surface area contributed by atoms with Crippen molar-refractivity contribution in [2.24, 2.45) is 5.92 Å². The molecule has 0 unspecified atom stereocenters. The number of likely N-dealkylation sites (N-methyl/N-ethyl adjacent to an activating group) is 1. The molecule has 0 aromatic heterocycles. The molecule has 1 heterocycles. The lowest BCUT2D eigenvalue weighted by molar-refractivity contribution is -0.148. The van der Waals surface area contributed by atoms with Gasteiger partial charge in [-0.15, -0.1) is 0 Å². The van der Waals surface area contributed by atoms with Crippen LogP contribution in [0.5, 0.6) is 0 Å². The van der Waals surface area contributed by atoms with E-state index < -0.39 is 6.10 Å². The number of ether oxygens (including phenoxy) is 2. The molecule has 24 heavy (non-hydrogen) atoms. The Kier molecular flexibility index (Phi) is 6.27. The predicted octanol–water partition coefficient (Wildman–Crippen LogP) is 3.57. The lowest BCUT2D eigenvalue weighted by Crippen LogP contribution is -2.40. The second-order valence-electron chi connectivity index (χ2n) is 6.94. The fraction of sp³-hybridized carbons (Fsp3) is 0.650. The maximum atomic E-state index is 13.2. The van der Waals surface area contributed by atoms with E-state index in [2.05, 4.69) is 0 Å². The molecule has 2 aliphatic rings. The van der Waals surface area contributed by atoms with E-state index in [0.29, 0.717) is 12.5 Å². The van der Waals surface area contributed by atoms with Crippen molar-refractivity contribution in [2.75, 3.05) is 26.3 Å². The van der Waals surface area contributed by atoms with E-state index in [9.17, 15) is 4.79 Å². The van der Waals surface area contributed by atoms with E-state index in [1.165, 1.54) is 12.8 Å². The topological polar surface area (TPSA) is 38.8 Å². The van der Waals surface area contributed by atoms with Gasteiger partial charge >= 0.3 is 0 Å². The average molecular weight is 331 g/mol. The van der Waals surface area contributed by atoms with E-state index in [-0.39, 0.29) is 12.0 Å². The molecule has 0 radical (unpaired) electrons. The number of hydrogen-bond acceptors (Lipinski definition) is 3. The number of rotatable bonds is 7. The van der Waals surface area contributed by atoms with Crippen molar-refractivity contribution < 1.29 is 14.3 Å². The van der Waals surface area contributed by atoms with E-state index in [4.69, 9.17) is 9.47 Å². The summed E-state index contributed by atoms with van der Waals surface area (Å²) in [6, 6.07) is 9.95. The summed E-state index contributed by atoms with van der Waals surface area (Å²) in [6.45, 7) is 5.12. The fourth-order valence-corrected chi connectivity index (χ4v) is 3.70. The summed E-state index contributed by atoms with van der Waals surface area (Å²) in [5.74, 6) is 0.555. The monoisotopic (exact) mass is 331 g/mol. The molecular formula is C20H29NO3. The third kappa shape index (κ3) is 4.37. The Morgan fingerprint density at radius 2 is 2.00 bits per heavy atom. The zero-order chi connectivity index (χ0) is 16.8. The van der Waals surface area contributed by atoms with Crippen LogP contribution in [-0.4, -0.2) is 43.2 Å². The van der Waals surface area contributed by atoms with Gasteiger partial charge in [-0.2, -0.15) is 0 Å². The normalized spacial score (nSPS) is 22.6. The Hall–Kier alpha value is -1.39. The van der Waals surface area contributed by atoms with Crippen molar-refractivity contribution in [2.45, 2.75) is 51.2 Å².